The van der Waals surface area contributed by atoms with E-state index in [2.05, 4.69) is 31.0 Å². The fourth-order valence-corrected chi connectivity index (χ4v) is 2.64. The van der Waals surface area contributed by atoms with Gasteiger partial charge in [-0.25, -0.2) is 0 Å². The van der Waals surface area contributed by atoms with Crippen molar-refractivity contribution in [1.29, 1.82) is 0 Å². The van der Waals surface area contributed by atoms with Gasteiger partial charge in [0, 0.05) is 24.8 Å². The summed E-state index contributed by atoms with van der Waals surface area (Å²) in [6.45, 7) is 7.71. The Hall–Kier alpha value is -1.36. The number of nitrogens with one attached hydrogen (secondary N) is 1. The standard InChI is InChI=1S/C14H24N4O/c1-4-5-10-7-18(8-11(10)15)14(19)13-6-12(9(2)3)16-17-13/h6,9-11H,4-5,7-8,15H2,1-3H3,(H,16,17)/t10-,11-/m1/s1. The molecule has 1 aliphatic rings. The summed E-state index contributed by atoms with van der Waals surface area (Å²) in [5, 5.41) is 7.05. The van der Waals surface area contributed by atoms with Gasteiger partial charge in [0.1, 0.15) is 5.69 Å². The number of aromatic amines is 1. The second-order valence-corrected chi connectivity index (χ2v) is 5.79. The molecule has 0 bridgehead atoms. The van der Waals surface area contributed by atoms with Crippen molar-refractivity contribution in [3.8, 4) is 0 Å². The maximum atomic E-state index is 12.4. The zero-order valence-electron chi connectivity index (χ0n) is 12.0. The van der Waals surface area contributed by atoms with Gasteiger partial charge in [0.25, 0.3) is 5.91 Å². The molecule has 1 aromatic rings. The van der Waals surface area contributed by atoms with Gasteiger partial charge in [0.2, 0.25) is 0 Å². The molecule has 19 heavy (non-hydrogen) atoms. The minimum absolute atomic E-state index is 0.00259. The van der Waals surface area contributed by atoms with Crippen LogP contribution in [-0.4, -0.2) is 40.1 Å². The number of rotatable bonds is 4. The summed E-state index contributed by atoms with van der Waals surface area (Å²) in [5.41, 5.74) is 7.61. The minimum Gasteiger partial charge on any atom is -0.335 e. The number of nitrogens with two attached hydrogens (primary N) is 1. The van der Waals surface area contributed by atoms with Crippen LogP contribution in [0.5, 0.6) is 0 Å². The third-order valence-electron chi connectivity index (χ3n) is 3.88. The van der Waals surface area contributed by atoms with Crippen molar-refractivity contribution in [2.75, 3.05) is 13.1 Å². The van der Waals surface area contributed by atoms with Gasteiger partial charge in [0.15, 0.2) is 0 Å². The van der Waals surface area contributed by atoms with Crippen LogP contribution < -0.4 is 5.73 Å². The van der Waals surface area contributed by atoms with Crippen molar-refractivity contribution in [1.82, 2.24) is 15.1 Å². The number of carbonyl (C=O) groups is 1. The third kappa shape index (κ3) is 2.97. The first-order chi connectivity index (χ1) is 9.02. The first-order valence-corrected chi connectivity index (χ1v) is 7.13. The summed E-state index contributed by atoms with van der Waals surface area (Å²) in [5.74, 6) is 0.775. The molecule has 2 atom stereocenters. The number of carbonyl (C=O) groups excluding carboxylic acids is 1. The summed E-state index contributed by atoms with van der Waals surface area (Å²) in [6.07, 6.45) is 2.20. The largest absolute Gasteiger partial charge is 0.335 e. The Labute approximate surface area is 114 Å². The van der Waals surface area contributed by atoms with E-state index < -0.39 is 0 Å². The first kappa shape index (κ1) is 14.1. The Bertz CT molecular complexity index is 440. The van der Waals surface area contributed by atoms with Crippen LogP contribution in [-0.2, 0) is 0 Å². The number of hydrogen-bond donors (Lipinski definition) is 2. The highest BCUT2D eigenvalue weighted by Crippen LogP contribution is 2.22. The van der Waals surface area contributed by atoms with E-state index in [1.54, 1.807) is 0 Å². The van der Waals surface area contributed by atoms with Gasteiger partial charge in [-0.3, -0.25) is 9.89 Å². The van der Waals surface area contributed by atoms with Crippen LogP contribution >= 0.6 is 0 Å². The maximum Gasteiger partial charge on any atom is 0.274 e. The van der Waals surface area contributed by atoms with Gasteiger partial charge in [-0.1, -0.05) is 27.2 Å². The van der Waals surface area contributed by atoms with Crippen LogP contribution in [0.4, 0.5) is 0 Å². The van der Waals surface area contributed by atoms with Crippen LogP contribution in [0.3, 0.4) is 0 Å². The van der Waals surface area contributed by atoms with E-state index in [-0.39, 0.29) is 11.9 Å². The third-order valence-corrected chi connectivity index (χ3v) is 3.88. The molecule has 0 saturated carbocycles. The van der Waals surface area contributed by atoms with Gasteiger partial charge < -0.3 is 10.6 Å². The zero-order valence-corrected chi connectivity index (χ0v) is 12.0. The highest BCUT2D eigenvalue weighted by molar-refractivity contribution is 5.92. The number of amides is 1. The quantitative estimate of drug-likeness (QED) is 0.869. The topological polar surface area (TPSA) is 75.0 Å². The fraction of sp³-hybridized carbons (Fsp3) is 0.714. The minimum atomic E-state index is -0.00259. The predicted octanol–water partition coefficient (Wildman–Crippen LogP) is 1.73. The average molecular weight is 264 g/mol. The lowest BCUT2D eigenvalue weighted by Crippen LogP contribution is -2.32. The van der Waals surface area contributed by atoms with Crippen LogP contribution in [0, 0.1) is 5.92 Å². The molecule has 1 amide bonds. The van der Waals surface area contributed by atoms with Crippen molar-refractivity contribution < 1.29 is 4.79 Å². The maximum absolute atomic E-state index is 12.4. The Kier molecular flexibility index (Phi) is 4.24. The monoisotopic (exact) mass is 264 g/mol. The molecule has 106 valence electrons. The van der Waals surface area contributed by atoms with Crippen LogP contribution in [0.1, 0.15) is 55.7 Å². The molecule has 0 radical (unpaired) electrons. The van der Waals surface area contributed by atoms with E-state index in [0.29, 0.717) is 24.1 Å². The van der Waals surface area contributed by atoms with E-state index >= 15 is 0 Å². The second kappa shape index (κ2) is 5.74. The lowest BCUT2D eigenvalue weighted by atomic mass is 9.99. The number of likely N-dealkylation sites (tertiary alicyclic amines) is 1. The Morgan fingerprint density at radius 3 is 2.89 bits per heavy atom. The van der Waals surface area contributed by atoms with Crippen LogP contribution in [0.15, 0.2) is 6.07 Å². The lowest BCUT2D eigenvalue weighted by Gasteiger charge is -2.14. The highest BCUT2D eigenvalue weighted by Gasteiger charge is 2.33. The van der Waals surface area contributed by atoms with Crippen molar-refractivity contribution in [3.63, 3.8) is 0 Å². The Morgan fingerprint density at radius 1 is 1.58 bits per heavy atom. The zero-order chi connectivity index (χ0) is 14.0. The number of nitrogens with zero attached hydrogens (tertiary/aromatic N) is 2. The van der Waals surface area contributed by atoms with Crippen molar-refractivity contribution >= 4 is 5.91 Å². The molecular formula is C14H24N4O. The van der Waals surface area contributed by atoms with E-state index in [1.807, 2.05) is 11.0 Å². The predicted molar refractivity (Wildman–Crippen MR) is 75.0 cm³/mol. The van der Waals surface area contributed by atoms with E-state index in [1.165, 1.54) is 0 Å². The Morgan fingerprint density at radius 2 is 2.32 bits per heavy atom. The highest BCUT2D eigenvalue weighted by atomic mass is 16.2. The molecule has 1 aliphatic heterocycles. The van der Waals surface area contributed by atoms with Gasteiger partial charge in [0.05, 0.1) is 0 Å². The normalized spacial score (nSPS) is 23.3. The molecule has 0 aliphatic carbocycles. The molecule has 2 heterocycles. The molecule has 0 spiro atoms. The average Bonchev–Trinajstić information content (AvgIpc) is 2.97. The molecular weight excluding hydrogens is 240 g/mol. The summed E-state index contributed by atoms with van der Waals surface area (Å²) >= 11 is 0. The summed E-state index contributed by atoms with van der Waals surface area (Å²) in [4.78, 5) is 14.2. The van der Waals surface area contributed by atoms with Crippen molar-refractivity contribution in [2.24, 2.45) is 11.7 Å². The second-order valence-electron chi connectivity index (χ2n) is 5.79. The molecule has 1 fully saturated rings. The Balaban J connectivity index is 2.04. The molecule has 2 rings (SSSR count). The summed E-state index contributed by atoms with van der Waals surface area (Å²) < 4.78 is 0. The van der Waals surface area contributed by atoms with Gasteiger partial charge in [-0.2, -0.15) is 5.10 Å². The van der Waals surface area contributed by atoms with Gasteiger partial charge in [-0.05, 0) is 24.3 Å². The van der Waals surface area contributed by atoms with Gasteiger partial charge >= 0.3 is 0 Å². The number of hydrogen-bond acceptors (Lipinski definition) is 3. The molecule has 0 aromatic carbocycles. The van der Waals surface area contributed by atoms with Crippen LogP contribution in [0.25, 0.3) is 0 Å². The van der Waals surface area contributed by atoms with Crippen molar-refractivity contribution in [2.45, 2.75) is 45.6 Å². The molecule has 3 N–H and O–H groups in total. The van der Waals surface area contributed by atoms with E-state index in [0.717, 1.165) is 25.1 Å². The van der Waals surface area contributed by atoms with E-state index in [9.17, 15) is 4.79 Å². The smallest absolute Gasteiger partial charge is 0.274 e. The number of H-pyrrole nitrogens is 1. The molecule has 1 saturated heterocycles. The number of aromatic nitrogens is 2. The molecule has 1 aromatic heterocycles. The summed E-state index contributed by atoms with van der Waals surface area (Å²) in [6, 6.07) is 1.96. The fourth-order valence-electron chi connectivity index (χ4n) is 2.64. The summed E-state index contributed by atoms with van der Waals surface area (Å²) in [7, 11) is 0. The molecule has 5 heteroatoms. The van der Waals surface area contributed by atoms with Crippen molar-refractivity contribution in [3.05, 3.63) is 17.5 Å². The first-order valence-electron chi connectivity index (χ1n) is 7.13. The SMILES string of the molecule is CCC[C@@H]1CN(C(=O)c2cc(C(C)C)[nH]n2)C[C@H]1N. The molecule has 5 nitrogen and oxygen atoms in total. The lowest BCUT2D eigenvalue weighted by molar-refractivity contribution is 0.0779. The van der Waals surface area contributed by atoms with E-state index in [4.69, 9.17) is 5.73 Å². The van der Waals surface area contributed by atoms with Gasteiger partial charge in [-0.15, -0.1) is 0 Å². The molecule has 0 unspecified atom stereocenters. The van der Waals surface area contributed by atoms with Crippen LogP contribution in [0.2, 0.25) is 0 Å².